The Hall–Kier alpha value is -3.32. The van der Waals surface area contributed by atoms with Crippen molar-refractivity contribution in [2.75, 3.05) is 12.4 Å². The number of phenols is 1. The number of carboxylic acids is 1. The first kappa shape index (κ1) is 17.5. The van der Waals surface area contributed by atoms with Gasteiger partial charge in [-0.3, -0.25) is 9.78 Å². The van der Waals surface area contributed by atoms with Gasteiger partial charge in [0, 0.05) is 28.9 Å². The fraction of sp³-hybridized carbons (Fsp3) is 0.0556. The highest BCUT2D eigenvalue weighted by Crippen LogP contribution is 2.30. The monoisotopic (exact) mass is 372 g/mol. The van der Waals surface area contributed by atoms with Crippen LogP contribution in [-0.2, 0) is 0 Å². The highest BCUT2D eigenvalue weighted by Gasteiger charge is 2.16. The van der Waals surface area contributed by atoms with Gasteiger partial charge >= 0.3 is 5.97 Å². The summed E-state index contributed by atoms with van der Waals surface area (Å²) in [6.45, 7) is 0. The van der Waals surface area contributed by atoms with Crippen LogP contribution in [0.3, 0.4) is 0 Å². The van der Waals surface area contributed by atoms with Gasteiger partial charge in [0.05, 0.1) is 23.3 Å². The van der Waals surface area contributed by atoms with Crippen molar-refractivity contribution >= 4 is 39.9 Å². The van der Waals surface area contributed by atoms with Crippen LogP contribution < -0.4 is 10.1 Å². The van der Waals surface area contributed by atoms with E-state index in [4.69, 9.17) is 16.3 Å². The van der Waals surface area contributed by atoms with Crippen LogP contribution in [0, 0.1) is 0 Å². The van der Waals surface area contributed by atoms with Gasteiger partial charge in [-0.25, -0.2) is 4.79 Å². The zero-order chi connectivity index (χ0) is 18.8. The summed E-state index contributed by atoms with van der Waals surface area (Å²) >= 11 is 6.19. The molecule has 0 spiro atoms. The minimum Gasteiger partial charge on any atom is -0.507 e. The number of methoxy groups -OCH3 is 1. The molecule has 8 heteroatoms. The number of hydrogen-bond acceptors (Lipinski definition) is 5. The van der Waals surface area contributed by atoms with E-state index in [1.54, 1.807) is 0 Å². The number of nitrogens with zero attached hydrogens (tertiary/aromatic N) is 1. The van der Waals surface area contributed by atoms with E-state index in [0.717, 1.165) is 0 Å². The molecule has 0 bridgehead atoms. The van der Waals surface area contributed by atoms with Gasteiger partial charge in [0.25, 0.3) is 5.91 Å². The second-order valence-electron chi connectivity index (χ2n) is 5.38. The van der Waals surface area contributed by atoms with E-state index in [0.29, 0.717) is 16.5 Å². The second kappa shape index (κ2) is 6.89. The number of anilines is 1. The number of aromatic carboxylic acids is 1. The SMILES string of the molecule is COc1ccc(O)c(C(=O)Nc2cc(Cl)c3cncc(C(=O)O)c3c2)c1. The average Bonchev–Trinajstić information content (AvgIpc) is 2.61. The predicted octanol–water partition coefficient (Wildman–Crippen LogP) is 3.55. The topological polar surface area (TPSA) is 109 Å². The molecule has 2 aromatic carbocycles. The van der Waals surface area contributed by atoms with Crippen LogP contribution in [-0.4, -0.2) is 34.2 Å². The molecule has 0 aliphatic carbocycles. The van der Waals surface area contributed by atoms with Crippen LogP contribution in [0.2, 0.25) is 5.02 Å². The van der Waals surface area contributed by atoms with Gasteiger partial charge in [-0.1, -0.05) is 11.6 Å². The fourth-order valence-electron chi connectivity index (χ4n) is 2.49. The summed E-state index contributed by atoms with van der Waals surface area (Å²) in [6, 6.07) is 7.22. The Bertz CT molecular complexity index is 1040. The van der Waals surface area contributed by atoms with Gasteiger partial charge in [0.1, 0.15) is 11.5 Å². The number of carbonyl (C=O) groups excluding carboxylic acids is 1. The van der Waals surface area contributed by atoms with E-state index in [-0.39, 0.29) is 27.6 Å². The van der Waals surface area contributed by atoms with Crippen LogP contribution in [0.5, 0.6) is 11.5 Å². The number of fused-ring (bicyclic) bond motifs is 1. The molecule has 0 atom stereocenters. The van der Waals surface area contributed by atoms with E-state index in [2.05, 4.69) is 10.3 Å². The number of amides is 1. The molecule has 26 heavy (non-hydrogen) atoms. The number of rotatable bonds is 4. The van der Waals surface area contributed by atoms with Crippen LogP contribution >= 0.6 is 11.6 Å². The number of aromatic hydroxyl groups is 1. The Kier molecular flexibility index (Phi) is 4.64. The normalized spacial score (nSPS) is 10.5. The van der Waals surface area contributed by atoms with Crippen molar-refractivity contribution in [1.82, 2.24) is 4.98 Å². The zero-order valence-electron chi connectivity index (χ0n) is 13.5. The lowest BCUT2D eigenvalue weighted by Crippen LogP contribution is -2.12. The van der Waals surface area contributed by atoms with E-state index in [9.17, 15) is 19.8 Å². The summed E-state index contributed by atoms with van der Waals surface area (Å²) < 4.78 is 5.04. The molecule has 7 nitrogen and oxygen atoms in total. The third-order valence-corrected chi connectivity index (χ3v) is 4.08. The van der Waals surface area contributed by atoms with Gasteiger partial charge < -0.3 is 20.3 Å². The fourth-order valence-corrected chi connectivity index (χ4v) is 2.76. The molecule has 0 fully saturated rings. The van der Waals surface area contributed by atoms with Crippen LogP contribution in [0.15, 0.2) is 42.7 Å². The Morgan fingerprint density at radius 2 is 1.88 bits per heavy atom. The minimum atomic E-state index is -1.16. The maximum atomic E-state index is 12.5. The molecule has 1 amide bonds. The molecule has 132 valence electrons. The standard InChI is InChI=1S/C18H13ClN2O5/c1-26-10-2-3-16(22)12(6-10)17(23)21-9-4-11-13(15(19)5-9)7-20-8-14(11)18(24)25/h2-8,22H,1H3,(H,21,23)(H,24,25). The molecule has 1 heterocycles. The summed E-state index contributed by atoms with van der Waals surface area (Å²) in [5, 5.41) is 22.8. The summed E-state index contributed by atoms with van der Waals surface area (Å²) in [6.07, 6.45) is 2.66. The van der Waals surface area contributed by atoms with E-state index in [1.807, 2.05) is 0 Å². The minimum absolute atomic E-state index is 0.00811. The van der Waals surface area contributed by atoms with Crippen molar-refractivity contribution in [2.24, 2.45) is 0 Å². The third kappa shape index (κ3) is 3.25. The van der Waals surface area contributed by atoms with Crippen LogP contribution in [0.4, 0.5) is 5.69 Å². The number of benzene rings is 2. The highest BCUT2D eigenvalue weighted by atomic mass is 35.5. The molecule has 0 saturated carbocycles. The van der Waals surface area contributed by atoms with Gasteiger partial charge in [-0.15, -0.1) is 0 Å². The van der Waals surface area contributed by atoms with Crippen molar-refractivity contribution < 1.29 is 24.5 Å². The average molecular weight is 373 g/mol. The quantitative estimate of drug-likeness (QED) is 0.646. The van der Waals surface area contributed by atoms with Gasteiger partial charge in [-0.05, 0) is 30.3 Å². The molecule has 0 aliphatic heterocycles. The number of ether oxygens (including phenoxy) is 1. The number of carboxylic acid groups (broad SMARTS) is 1. The summed E-state index contributed by atoms with van der Waals surface area (Å²) in [5.41, 5.74) is 0.252. The van der Waals surface area contributed by atoms with Crippen LogP contribution in [0.25, 0.3) is 10.8 Å². The maximum Gasteiger partial charge on any atom is 0.337 e. The molecule has 0 unspecified atom stereocenters. The summed E-state index contributed by atoms with van der Waals surface area (Å²) in [5.74, 6) is -1.56. The largest absolute Gasteiger partial charge is 0.507 e. The molecular formula is C18H13ClN2O5. The van der Waals surface area contributed by atoms with E-state index >= 15 is 0 Å². The van der Waals surface area contributed by atoms with Gasteiger partial charge in [-0.2, -0.15) is 0 Å². The van der Waals surface area contributed by atoms with Crippen LogP contribution in [0.1, 0.15) is 20.7 Å². The lowest BCUT2D eigenvalue weighted by molar-refractivity contribution is 0.0698. The van der Waals surface area contributed by atoms with Gasteiger partial charge in [0.15, 0.2) is 0 Å². The van der Waals surface area contributed by atoms with Crippen molar-refractivity contribution in [1.29, 1.82) is 0 Å². The van der Waals surface area contributed by atoms with Crippen molar-refractivity contribution in [3.05, 3.63) is 58.9 Å². The first-order valence-electron chi connectivity index (χ1n) is 7.39. The molecule has 3 rings (SSSR count). The predicted molar refractivity (Wildman–Crippen MR) is 96.3 cm³/mol. The molecule has 3 aromatic rings. The molecule has 0 saturated heterocycles. The summed E-state index contributed by atoms with van der Waals surface area (Å²) in [4.78, 5) is 27.7. The molecule has 1 aromatic heterocycles. The lowest BCUT2D eigenvalue weighted by Gasteiger charge is -2.11. The lowest BCUT2D eigenvalue weighted by atomic mass is 10.1. The summed E-state index contributed by atoms with van der Waals surface area (Å²) in [7, 11) is 1.44. The number of halogens is 1. The second-order valence-corrected chi connectivity index (χ2v) is 5.79. The molecule has 0 radical (unpaired) electrons. The number of pyridine rings is 1. The molecular weight excluding hydrogens is 360 g/mol. The highest BCUT2D eigenvalue weighted by molar-refractivity contribution is 6.36. The third-order valence-electron chi connectivity index (χ3n) is 3.76. The van der Waals surface area contributed by atoms with Crippen molar-refractivity contribution in [3.63, 3.8) is 0 Å². The zero-order valence-corrected chi connectivity index (χ0v) is 14.2. The smallest absolute Gasteiger partial charge is 0.337 e. The number of aromatic nitrogens is 1. The molecule has 0 aliphatic rings. The first-order chi connectivity index (χ1) is 12.4. The van der Waals surface area contributed by atoms with E-state index in [1.165, 1.54) is 49.8 Å². The Morgan fingerprint density at radius 1 is 1.12 bits per heavy atom. The number of carbonyl (C=O) groups is 2. The first-order valence-corrected chi connectivity index (χ1v) is 7.77. The Morgan fingerprint density at radius 3 is 2.58 bits per heavy atom. The van der Waals surface area contributed by atoms with Gasteiger partial charge in [0.2, 0.25) is 0 Å². The Balaban J connectivity index is 2.03. The number of nitrogens with one attached hydrogen (secondary N) is 1. The Labute approximate surface area is 152 Å². The van der Waals surface area contributed by atoms with E-state index < -0.39 is 11.9 Å². The number of phenolic OH excluding ortho intramolecular Hbond substituents is 1. The maximum absolute atomic E-state index is 12.5. The van der Waals surface area contributed by atoms with Crippen molar-refractivity contribution in [3.8, 4) is 11.5 Å². The number of hydrogen-bond donors (Lipinski definition) is 3. The van der Waals surface area contributed by atoms with Crippen molar-refractivity contribution in [2.45, 2.75) is 0 Å². The molecule has 3 N–H and O–H groups in total.